The Morgan fingerprint density at radius 1 is 1.24 bits per heavy atom. The molecule has 5 heteroatoms. The van der Waals surface area contributed by atoms with Crippen LogP contribution in [0.5, 0.6) is 0 Å². The van der Waals surface area contributed by atoms with Gasteiger partial charge < -0.3 is 5.73 Å². The number of aryl methyl sites for hydroxylation is 1. The number of aromatic nitrogens is 2. The second kappa shape index (κ2) is 5.79. The minimum Gasteiger partial charge on any atom is -0.383 e. The highest BCUT2D eigenvalue weighted by Crippen LogP contribution is 2.21. The molecule has 0 saturated heterocycles. The molecule has 3 rings (SSSR count). The van der Waals surface area contributed by atoms with E-state index in [1.807, 2.05) is 30.6 Å². The molecule has 0 spiro atoms. The van der Waals surface area contributed by atoms with E-state index >= 15 is 0 Å². The van der Waals surface area contributed by atoms with Gasteiger partial charge in [-0.15, -0.1) is 11.3 Å². The molecule has 108 valence electrons. The lowest BCUT2D eigenvalue weighted by atomic mass is 10.1. The Morgan fingerprint density at radius 3 is 2.81 bits per heavy atom. The zero-order valence-electron chi connectivity index (χ0n) is 12.2. The number of hydrogen-bond acceptors (Lipinski definition) is 5. The maximum Gasteiger partial charge on any atom is 0.128 e. The summed E-state index contributed by atoms with van der Waals surface area (Å²) in [6.07, 6.45) is 0. The van der Waals surface area contributed by atoms with E-state index in [4.69, 9.17) is 5.73 Å². The van der Waals surface area contributed by atoms with Crippen LogP contribution in [0.2, 0.25) is 0 Å². The molecule has 21 heavy (non-hydrogen) atoms. The van der Waals surface area contributed by atoms with Crippen molar-refractivity contribution < 1.29 is 0 Å². The summed E-state index contributed by atoms with van der Waals surface area (Å²) in [6, 6.07) is 10.2. The number of nitrogen functional groups attached to an aromatic ring is 1. The predicted octanol–water partition coefficient (Wildman–Crippen LogP) is 3.21. The molecule has 0 bridgehead atoms. The van der Waals surface area contributed by atoms with Crippen molar-refractivity contribution in [3.8, 4) is 0 Å². The first kappa shape index (κ1) is 14.0. The fraction of sp³-hybridized carbons (Fsp3) is 0.250. The number of para-hydroxylation sites is 1. The van der Waals surface area contributed by atoms with Crippen molar-refractivity contribution in [1.82, 2.24) is 14.9 Å². The van der Waals surface area contributed by atoms with E-state index in [2.05, 4.69) is 34.0 Å². The highest BCUT2D eigenvalue weighted by Gasteiger charge is 2.09. The first-order chi connectivity index (χ1) is 10.1. The zero-order valence-corrected chi connectivity index (χ0v) is 13.0. The fourth-order valence-electron chi connectivity index (χ4n) is 2.37. The highest BCUT2D eigenvalue weighted by molar-refractivity contribution is 7.09. The highest BCUT2D eigenvalue weighted by atomic mass is 32.1. The van der Waals surface area contributed by atoms with E-state index in [1.54, 1.807) is 11.3 Å². The summed E-state index contributed by atoms with van der Waals surface area (Å²) >= 11 is 1.70. The van der Waals surface area contributed by atoms with Crippen molar-refractivity contribution in [3.05, 3.63) is 52.0 Å². The average Bonchev–Trinajstić information content (AvgIpc) is 2.85. The van der Waals surface area contributed by atoms with Crippen LogP contribution >= 0.6 is 11.3 Å². The summed E-state index contributed by atoms with van der Waals surface area (Å²) in [7, 11) is 2.09. The topological polar surface area (TPSA) is 55.0 Å². The van der Waals surface area contributed by atoms with E-state index in [-0.39, 0.29) is 0 Å². The van der Waals surface area contributed by atoms with Gasteiger partial charge in [-0.3, -0.25) is 4.90 Å². The number of hydrogen-bond donors (Lipinski definition) is 1. The largest absolute Gasteiger partial charge is 0.383 e. The van der Waals surface area contributed by atoms with Gasteiger partial charge in [0.05, 0.1) is 16.7 Å². The molecule has 2 heterocycles. The Hall–Kier alpha value is -1.98. The number of nitrogens with two attached hydrogens (primary N) is 1. The summed E-state index contributed by atoms with van der Waals surface area (Å²) in [5.74, 6) is 0.613. The van der Waals surface area contributed by atoms with Crippen LogP contribution in [0.4, 0.5) is 5.82 Å². The first-order valence-electron chi connectivity index (χ1n) is 6.85. The first-order valence-corrected chi connectivity index (χ1v) is 7.73. The quantitative estimate of drug-likeness (QED) is 0.803. The maximum absolute atomic E-state index is 6.09. The van der Waals surface area contributed by atoms with Crippen LogP contribution in [-0.2, 0) is 13.1 Å². The number of pyridine rings is 1. The van der Waals surface area contributed by atoms with Gasteiger partial charge in [-0.25, -0.2) is 9.97 Å². The van der Waals surface area contributed by atoms with Crippen LogP contribution in [0.1, 0.15) is 16.1 Å². The molecule has 0 fully saturated rings. The Kier molecular flexibility index (Phi) is 3.86. The molecule has 3 aromatic rings. The Morgan fingerprint density at radius 2 is 2.05 bits per heavy atom. The normalized spacial score (nSPS) is 11.4. The second-order valence-electron chi connectivity index (χ2n) is 5.26. The van der Waals surface area contributed by atoms with Gasteiger partial charge in [-0.1, -0.05) is 18.2 Å². The van der Waals surface area contributed by atoms with Gasteiger partial charge >= 0.3 is 0 Å². The third-order valence-corrected chi connectivity index (χ3v) is 4.45. The molecule has 1 aromatic carbocycles. The number of benzene rings is 1. The van der Waals surface area contributed by atoms with Crippen LogP contribution in [0, 0.1) is 6.92 Å². The van der Waals surface area contributed by atoms with E-state index in [1.165, 1.54) is 4.88 Å². The fourth-order valence-corrected chi connectivity index (χ4v) is 3.23. The van der Waals surface area contributed by atoms with Crippen molar-refractivity contribution in [2.75, 3.05) is 12.8 Å². The van der Waals surface area contributed by atoms with E-state index in [9.17, 15) is 0 Å². The smallest absolute Gasteiger partial charge is 0.128 e. The van der Waals surface area contributed by atoms with Gasteiger partial charge in [0.15, 0.2) is 0 Å². The number of fused-ring (bicyclic) bond motifs is 1. The summed E-state index contributed by atoms with van der Waals surface area (Å²) in [5.41, 5.74) is 11.1. The van der Waals surface area contributed by atoms with Crippen molar-refractivity contribution in [3.63, 3.8) is 0 Å². The lowest BCUT2D eigenvalue weighted by Gasteiger charge is -2.17. The number of anilines is 1. The van der Waals surface area contributed by atoms with Crippen LogP contribution < -0.4 is 5.73 Å². The zero-order chi connectivity index (χ0) is 14.8. The molecular formula is C16H18N4S. The van der Waals surface area contributed by atoms with Crippen LogP contribution in [-0.4, -0.2) is 21.9 Å². The van der Waals surface area contributed by atoms with Crippen molar-refractivity contribution in [1.29, 1.82) is 0 Å². The molecule has 0 amide bonds. The molecule has 0 atom stereocenters. The molecule has 0 aliphatic carbocycles. The molecule has 2 N–H and O–H groups in total. The lowest BCUT2D eigenvalue weighted by molar-refractivity contribution is 0.321. The van der Waals surface area contributed by atoms with Crippen LogP contribution in [0.15, 0.2) is 35.8 Å². The summed E-state index contributed by atoms with van der Waals surface area (Å²) in [6.45, 7) is 3.70. The number of rotatable bonds is 4. The molecule has 0 aliphatic heterocycles. The van der Waals surface area contributed by atoms with E-state index in [0.29, 0.717) is 5.82 Å². The Bertz CT molecular complexity index is 766. The Labute approximate surface area is 128 Å². The van der Waals surface area contributed by atoms with E-state index in [0.717, 1.165) is 35.2 Å². The summed E-state index contributed by atoms with van der Waals surface area (Å²) < 4.78 is 0. The molecule has 4 nitrogen and oxygen atoms in total. The van der Waals surface area contributed by atoms with Crippen molar-refractivity contribution in [2.45, 2.75) is 20.0 Å². The maximum atomic E-state index is 6.09. The Balaban J connectivity index is 1.81. The minimum atomic E-state index is 0.613. The molecule has 0 aliphatic rings. The third-order valence-electron chi connectivity index (χ3n) is 3.54. The summed E-state index contributed by atoms with van der Waals surface area (Å²) in [5, 5.41) is 1.13. The molecule has 0 unspecified atom stereocenters. The monoisotopic (exact) mass is 298 g/mol. The van der Waals surface area contributed by atoms with Crippen molar-refractivity contribution in [2.24, 2.45) is 0 Å². The minimum absolute atomic E-state index is 0.613. The van der Waals surface area contributed by atoms with Crippen LogP contribution in [0.3, 0.4) is 0 Å². The van der Waals surface area contributed by atoms with E-state index < -0.39 is 0 Å². The summed E-state index contributed by atoms with van der Waals surface area (Å²) in [4.78, 5) is 12.3. The second-order valence-corrected chi connectivity index (χ2v) is 6.20. The SMILES string of the molecule is Cc1ncsc1CN(C)Cc1cc2ccccc2nc1N. The van der Waals surface area contributed by atoms with Crippen LogP contribution in [0.25, 0.3) is 10.9 Å². The number of nitrogens with zero attached hydrogens (tertiary/aromatic N) is 3. The standard InChI is InChI=1S/C16H18N4S/c1-11-15(21-10-18-11)9-20(2)8-13-7-12-5-3-4-6-14(12)19-16(13)17/h3-7,10H,8-9H2,1-2H3,(H2,17,19). The third kappa shape index (κ3) is 3.04. The molecule has 0 saturated carbocycles. The lowest BCUT2D eigenvalue weighted by Crippen LogP contribution is -2.18. The van der Waals surface area contributed by atoms with Crippen molar-refractivity contribution >= 4 is 28.1 Å². The van der Waals surface area contributed by atoms with Gasteiger partial charge in [0.2, 0.25) is 0 Å². The molecule has 0 radical (unpaired) electrons. The number of thiazole rings is 1. The predicted molar refractivity (Wildman–Crippen MR) is 88.2 cm³/mol. The van der Waals surface area contributed by atoms with Gasteiger partial charge in [0, 0.05) is 28.9 Å². The van der Waals surface area contributed by atoms with Gasteiger partial charge in [-0.05, 0) is 26.1 Å². The average molecular weight is 298 g/mol. The van der Waals surface area contributed by atoms with Gasteiger partial charge in [0.1, 0.15) is 5.82 Å². The molecule has 2 aromatic heterocycles. The molecular weight excluding hydrogens is 280 g/mol. The van der Waals surface area contributed by atoms with Gasteiger partial charge in [0.25, 0.3) is 0 Å². The van der Waals surface area contributed by atoms with Gasteiger partial charge in [-0.2, -0.15) is 0 Å².